The monoisotopic (exact) mass is 157 g/mol. The van der Waals surface area contributed by atoms with Gasteiger partial charge in [-0.15, -0.1) is 0 Å². The van der Waals surface area contributed by atoms with E-state index < -0.39 is 0 Å². The van der Waals surface area contributed by atoms with Crippen LogP contribution in [0, 0.1) is 0 Å². The van der Waals surface area contributed by atoms with Crippen molar-refractivity contribution in [1.82, 2.24) is 0 Å². The van der Waals surface area contributed by atoms with E-state index >= 15 is 0 Å². The number of hydrogen-bond donors (Lipinski definition) is 1. The molecule has 1 aliphatic heterocycles. The second-order valence-corrected chi connectivity index (χ2v) is 4.37. The molecule has 0 unspecified atom stereocenters. The molecule has 0 bridgehead atoms. The van der Waals surface area contributed by atoms with Crippen LogP contribution < -0.4 is 5.73 Å². The predicted octanol–water partition coefficient (Wildman–Crippen LogP) is 1.68. The highest BCUT2D eigenvalue weighted by Gasteiger charge is 2.35. The third kappa shape index (κ3) is 2.17. The predicted molar refractivity (Wildman–Crippen MR) is 46.5 cm³/mol. The highest BCUT2D eigenvalue weighted by atomic mass is 16.5. The van der Waals surface area contributed by atoms with Gasteiger partial charge in [0.1, 0.15) is 0 Å². The maximum absolute atomic E-state index is 5.89. The van der Waals surface area contributed by atoms with Crippen LogP contribution in [-0.2, 0) is 4.74 Å². The van der Waals surface area contributed by atoms with Crippen molar-refractivity contribution in [3.63, 3.8) is 0 Å². The highest BCUT2D eigenvalue weighted by Crippen LogP contribution is 2.33. The van der Waals surface area contributed by atoms with E-state index in [1.165, 1.54) is 6.42 Å². The smallest absolute Gasteiger partial charge is 0.0783 e. The topological polar surface area (TPSA) is 35.2 Å². The van der Waals surface area contributed by atoms with Gasteiger partial charge in [0.2, 0.25) is 0 Å². The minimum atomic E-state index is -0.0677. The molecule has 0 aromatic carbocycles. The van der Waals surface area contributed by atoms with Crippen molar-refractivity contribution in [2.75, 3.05) is 6.54 Å². The second kappa shape index (κ2) is 2.76. The Kier molecular flexibility index (Phi) is 2.26. The van der Waals surface area contributed by atoms with Gasteiger partial charge < -0.3 is 10.5 Å². The Hall–Kier alpha value is -0.0800. The van der Waals surface area contributed by atoms with E-state index in [9.17, 15) is 0 Å². The molecule has 0 aromatic heterocycles. The molecule has 1 saturated heterocycles. The summed E-state index contributed by atoms with van der Waals surface area (Å²) in [5, 5.41) is 0. The van der Waals surface area contributed by atoms with Gasteiger partial charge in [-0.05, 0) is 40.0 Å². The average Bonchev–Trinajstić information content (AvgIpc) is 1.85. The molecular weight excluding hydrogens is 138 g/mol. The van der Waals surface area contributed by atoms with Gasteiger partial charge in [0.05, 0.1) is 11.2 Å². The average molecular weight is 157 g/mol. The van der Waals surface area contributed by atoms with Crippen molar-refractivity contribution in [3.05, 3.63) is 0 Å². The number of rotatable bonds is 1. The van der Waals surface area contributed by atoms with Crippen LogP contribution in [0.5, 0.6) is 0 Å². The lowest BCUT2D eigenvalue weighted by atomic mass is 9.88. The van der Waals surface area contributed by atoms with Crippen molar-refractivity contribution in [2.24, 2.45) is 5.73 Å². The summed E-state index contributed by atoms with van der Waals surface area (Å²) < 4.78 is 5.89. The second-order valence-electron chi connectivity index (χ2n) is 4.37. The van der Waals surface area contributed by atoms with E-state index in [0.29, 0.717) is 6.54 Å². The lowest BCUT2D eigenvalue weighted by molar-refractivity contribution is -0.159. The minimum absolute atomic E-state index is 0.0341. The Labute approximate surface area is 69.1 Å². The first-order chi connectivity index (χ1) is 4.97. The number of ether oxygens (including phenoxy) is 1. The summed E-state index contributed by atoms with van der Waals surface area (Å²) in [4.78, 5) is 0. The van der Waals surface area contributed by atoms with Crippen LogP contribution in [-0.4, -0.2) is 17.7 Å². The van der Waals surface area contributed by atoms with E-state index in [-0.39, 0.29) is 11.2 Å². The summed E-state index contributed by atoms with van der Waals surface area (Å²) in [7, 11) is 0. The van der Waals surface area contributed by atoms with Crippen LogP contribution in [0.1, 0.15) is 40.0 Å². The van der Waals surface area contributed by atoms with E-state index in [0.717, 1.165) is 12.8 Å². The Bertz CT molecular complexity index is 144. The lowest BCUT2D eigenvalue weighted by Crippen LogP contribution is -2.48. The lowest BCUT2D eigenvalue weighted by Gasteiger charge is -2.42. The molecule has 2 nitrogen and oxygen atoms in total. The van der Waals surface area contributed by atoms with Crippen molar-refractivity contribution in [2.45, 2.75) is 51.2 Å². The largest absolute Gasteiger partial charge is 0.368 e. The van der Waals surface area contributed by atoms with Crippen LogP contribution in [0.15, 0.2) is 0 Å². The Morgan fingerprint density at radius 2 is 1.91 bits per heavy atom. The summed E-state index contributed by atoms with van der Waals surface area (Å²) in [6.07, 6.45) is 3.50. The van der Waals surface area contributed by atoms with Crippen molar-refractivity contribution < 1.29 is 4.74 Å². The zero-order valence-corrected chi connectivity index (χ0v) is 7.81. The molecule has 2 N–H and O–H groups in total. The summed E-state index contributed by atoms with van der Waals surface area (Å²) in [5.74, 6) is 0. The molecule has 1 heterocycles. The summed E-state index contributed by atoms with van der Waals surface area (Å²) >= 11 is 0. The molecule has 0 saturated carbocycles. The number of hydrogen-bond acceptors (Lipinski definition) is 2. The maximum atomic E-state index is 5.89. The molecule has 0 aliphatic carbocycles. The standard InChI is InChI=1S/C9H19NO/c1-8(2)5-4-6-9(3,7-10)11-8/h4-7,10H2,1-3H3/t9-/m1/s1. The fourth-order valence-corrected chi connectivity index (χ4v) is 1.80. The van der Waals surface area contributed by atoms with Crippen LogP contribution in [0.3, 0.4) is 0 Å². The fraction of sp³-hybridized carbons (Fsp3) is 1.00. The Morgan fingerprint density at radius 3 is 2.27 bits per heavy atom. The Balaban J connectivity index is 2.59. The quantitative estimate of drug-likeness (QED) is 0.628. The van der Waals surface area contributed by atoms with Gasteiger partial charge in [0, 0.05) is 6.54 Å². The molecule has 1 atom stereocenters. The van der Waals surface area contributed by atoms with E-state index in [1.54, 1.807) is 0 Å². The maximum Gasteiger partial charge on any atom is 0.0783 e. The van der Waals surface area contributed by atoms with E-state index in [1.807, 2.05) is 0 Å². The zero-order chi connectivity index (χ0) is 8.54. The van der Waals surface area contributed by atoms with Gasteiger partial charge in [0.15, 0.2) is 0 Å². The first-order valence-electron chi connectivity index (χ1n) is 4.38. The Morgan fingerprint density at radius 1 is 1.27 bits per heavy atom. The molecule has 2 heteroatoms. The van der Waals surface area contributed by atoms with Crippen LogP contribution in [0.4, 0.5) is 0 Å². The van der Waals surface area contributed by atoms with Gasteiger partial charge in [-0.3, -0.25) is 0 Å². The molecule has 1 aliphatic rings. The molecule has 1 rings (SSSR count). The van der Waals surface area contributed by atoms with Gasteiger partial charge >= 0.3 is 0 Å². The van der Waals surface area contributed by atoms with E-state index in [4.69, 9.17) is 10.5 Å². The van der Waals surface area contributed by atoms with Crippen LogP contribution >= 0.6 is 0 Å². The molecule has 66 valence electrons. The normalized spacial score (nSPS) is 37.1. The molecule has 1 fully saturated rings. The van der Waals surface area contributed by atoms with Gasteiger partial charge in [-0.1, -0.05) is 0 Å². The molecule has 0 amide bonds. The SMILES string of the molecule is CC1(C)CCC[C@](C)(CN)O1. The summed E-state index contributed by atoms with van der Waals surface area (Å²) in [6, 6.07) is 0. The molecule has 0 radical (unpaired) electrons. The number of nitrogens with two attached hydrogens (primary N) is 1. The summed E-state index contributed by atoms with van der Waals surface area (Å²) in [6.45, 7) is 7.02. The van der Waals surface area contributed by atoms with E-state index in [2.05, 4.69) is 20.8 Å². The van der Waals surface area contributed by atoms with Gasteiger partial charge in [-0.25, -0.2) is 0 Å². The molecule has 0 spiro atoms. The first kappa shape index (κ1) is 9.01. The zero-order valence-electron chi connectivity index (χ0n) is 7.81. The fourth-order valence-electron chi connectivity index (χ4n) is 1.80. The van der Waals surface area contributed by atoms with Crippen molar-refractivity contribution in [3.8, 4) is 0 Å². The first-order valence-corrected chi connectivity index (χ1v) is 4.38. The van der Waals surface area contributed by atoms with Gasteiger partial charge in [-0.2, -0.15) is 0 Å². The van der Waals surface area contributed by atoms with Crippen molar-refractivity contribution >= 4 is 0 Å². The summed E-state index contributed by atoms with van der Waals surface area (Å²) in [5.41, 5.74) is 5.60. The van der Waals surface area contributed by atoms with Gasteiger partial charge in [0.25, 0.3) is 0 Å². The highest BCUT2D eigenvalue weighted by molar-refractivity contribution is 4.87. The molecular formula is C9H19NO. The van der Waals surface area contributed by atoms with Crippen LogP contribution in [0.25, 0.3) is 0 Å². The third-order valence-corrected chi connectivity index (χ3v) is 2.44. The van der Waals surface area contributed by atoms with Crippen LogP contribution in [0.2, 0.25) is 0 Å². The third-order valence-electron chi connectivity index (χ3n) is 2.44. The molecule has 0 aromatic rings. The molecule has 11 heavy (non-hydrogen) atoms. The van der Waals surface area contributed by atoms with Crippen molar-refractivity contribution in [1.29, 1.82) is 0 Å². The minimum Gasteiger partial charge on any atom is -0.368 e.